The molecule has 0 atom stereocenters. The van der Waals surface area contributed by atoms with Gasteiger partial charge in [0.05, 0.1) is 17.0 Å². The number of pyridine rings is 1. The van der Waals surface area contributed by atoms with Crippen LogP contribution in [-0.4, -0.2) is 16.1 Å². The molecule has 0 fully saturated rings. The summed E-state index contributed by atoms with van der Waals surface area (Å²) in [7, 11) is 0. The van der Waals surface area contributed by atoms with E-state index in [9.17, 15) is 9.90 Å². The summed E-state index contributed by atoms with van der Waals surface area (Å²) >= 11 is 5.95. The highest BCUT2D eigenvalue weighted by Crippen LogP contribution is 2.28. The van der Waals surface area contributed by atoms with E-state index in [0.29, 0.717) is 22.2 Å². The Morgan fingerprint density at radius 2 is 1.28 bits per heavy atom. The Kier molecular flexibility index (Phi) is 5.27. The molecule has 4 rings (SSSR count). The molecule has 4 nitrogen and oxygen atoms in total. The van der Waals surface area contributed by atoms with Gasteiger partial charge in [-0.2, -0.15) is 0 Å². The van der Waals surface area contributed by atoms with Crippen LogP contribution >= 0.6 is 11.6 Å². The molecule has 5 heteroatoms. The molecule has 1 heterocycles. The zero-order valence-corrected chi connectivity index (χ0v) is 16.0. The first kappa shape index (κ1) is 18.7. The van der Waals surface area contributed by atoms with E-state index in [1.807, 2.05) is 66.7 Å². The number of ether oxygens (including phenoxy) is 1. The summed E-state index contributed by atoms with van der Waals surface area (Å²) in [6.07, 6.45) is 0. The lowest BCUT2D eigenvalue weighted by atomic mass is 10.0. The maximum absolute atomic E-state index is 11.6. The van der Waals surface area contributed by atoms with E-state index in [0.717, 1.165) is 16.9 Å². The molecule has 0 unspecified atom stereocenters. The number of hydrogen-bond donors (Lipinski definition) is 1. The van der Waals surface area contributed by atoms with Crippen LogP contribution in [0.1, 0.15) is 10.4 Å². The van der Waals surface area contributed by atoms with Gasteiger partial charge in [-0.15, -0.1) is 0 Å². The molecule has 0 amide bonds. The van der Waals surface area contributed by atoms with E-state index in [-0.39, 0.29) is 5.56 Å². The van der Waals surface area contributed by atoms with Crippen molar-refractivity contribution >= 4 is 17.6 Å². The fraction of sp³-hybridized carbons (Fsp3) is 0. The number of para-hydroxylation sites is 1. The van der Waals surface area contributed by atoms with Crippen molar-refractivity contribution in [3.8, 4) is 34.0 Å². The quantitative estimate of drug-likeness (QED) is 0.411. The van der Waals surface area contributed by atoms with Gasteiger partial charge >= 0.3 is 5.97 Å². The number of nitrogens with zero attached hydrogens (tertiary/aromatic N) is 1. The van der Waals surface area contributed by atoms with Gasteiger partial charge in [0, 0.05) is 16.1 Å². The van der Waals surface area contributed by atoms with Gasteiger partial charge in [0.25, 0.3) is 0 Å². The summed E-state index contributed by atoms with van der Waals surface area (Å²) in [6.45, 7) is 0. The maximum Gasteiger partial charge on any atom is 0.335 e. The molecule has 29 heavy (non-hydrogen) atoms. The molecule has 142 valence electrons. The van der Waals surface area contributed by atoms with Gasteiger partial charge in [0.2, 0.25) is 0 Å². The van der Waals surface area contributed by atoms with Crippen molar-refractivity contribution in [1.29, 1.82) is 0 Å². The lowest BCUT2D eigenvalue weighted by Gasteiger charge is -2.09. The number of carbonyl (C=O) groups is 1. The average molecular weight is 402 g/mol. The number of aromatic carboxylic acids is 1. The number of rotatable bonds is 5. The molecule has 0 radical (unpaired) electrons. The fourth-order valence-corrected chi connectivity index (χ4v) is 3.01. The Balaban J connectivity index is 1.68. The maximum atomic E-state index is 11.6. The third kappa shape index (κ3) is 4.45. The number of carboxylic acids is 1. The van der Waals surface area contributed by atoms with Gasteiger partial charge in [-0.1, -0.05) is 41.9 Å². The molecule has 0 saturated carbocycles. The minimum Gasteiger partial charge on any atom is -0.478 e. The van der Waals surface area contributed by atoms with E-state index < -0.39 is 5.97 Å². The standard InChI is InChI=1S/C24H16ClNO3/c25-19-10-6-16(7-11-19)22-14-18(24(27)28)15-23(26-22)17-8-12-21(13-9-17)29-20-4-2-1-3-5-20/h1-15H,(H,27,28). The molecule has 0 aliphatic heterocycles. The fourth-order valence-electron chi connectivity index (χ4n) is 2.89. The van der Waals surface area contributed by atoms with Crippen LogP contribution in [0.15, 0.2) is 91.0 Å². The molecule has 0 saturated heterocycles. The zero-order chi connectivity index (χ0) is 20.2. The van der Waals surface area contributed by atoms with E-state index >= 15 is 0 Å². The average Bonchev–Trinajstić information content (AvgIpc) is 2.75. The highest BCUT2D eigenvalue weighted by Gasteiger charge is 2.12. The van der Waals surface area contributed by atoms with Crippen LogP contribution < -0.4 is 4.74 Å². The van der Waals surface area contributed by atoms with Crippen LogP contribution in [0.25, 0.3) is 22.5 Å². The van der Waals surface area contributed by atoms with E-state index in [1.165, 1.54) is 0 Å². The largest absolute Gasteiger partial charge is 0.478 e. The smallest absolute Gasteiger partial charge is 0.335 e. The summed E-state index contributed by atoms with van der Waals surface area (Å²) in [4.78, 5) is 16.3. The van der Waals surface area contributed by atoms with Crippen LogP contribution in [0.2, 0.25) is 5.02 Å². The van der Waals surface area contributed by atoms with Crippen LogP contribution in [-0.2, 0) is 0 Å². The summed E-state index contributed by atoms with van der Waals surface area (Å²) in [5, 5.41) is 10.1. The molecule has 1 aromatic heterocycles. The number of hydrogen-bond acceptors (Lipinski definition) is 3. The van der Waals surface area contributed by atoms with Crippen LogP contribution in [0.3, 0.4) is 0 Å². The first-order chi connectivity index (χ1) is 14.1. The van der Waals surface area contributed by atoms with Crippen molar-refractivity contribution in [2.75, 3.05) is 0 Å². The van der Waals surface area contributed by atoms with Gasteiger partial charge in [-0.25, -0.2) is 9.78 Å². The Morgan fingerprint density at radius 1 is 0.759 bits per heavy atom. The normalized spacial score (nSPS) is 10.5. The minimum atomic E-state index is -1.01. The highest BCUT2D eigenvalue weighted by molar-refractivity contribution is 6.30. The molecule has 0 bridgehead atoms. The Bertz CT molecular complexity index is 1140. The zero-order valence-electron chi connectivity index (χ0n) is 15.2. The molecule has 0 spiro atoms. The second-order valence-electron chi connectivity index (χ2n) is 6.38. The summed E-state index contributed by atoms with van der Waals surface area (Å²) in [5.41, 5.74) is 2.90. The molecule has 3 aromatic carbocycles. The van der Waals surface area contributed by atoms with Crippen molar-refractivity contribution in [3.63, 3.8) is 0 Å². The highest BCUT2D eigenvalue weighted by atomic mass is 35.5. The summed E-state index contributed by atoms with van der Waals surface area (Å²) < 4.78 is 5.81. The Hall–Kier alpha value is -3.63. The van der Waals surface area contributed by atoms with Gasteiger partial charge < -0.3 is 9.84 Å². The van der Waals surface area contributed by atoms with Crippen LogP contribution in [0, 0.1) is 0 Å². The monoisotopic (exact) mass is 401 g/mol. The number of halogens is 1. The number of benzene rings is 3. The second-order valence-corrected chi connectivity index (χ2v) is 6.81. The molecular formula is C24H16ClNO3. The van der Waals surface area contributed by atoms with Crippen molar-refractivity contribution in [1.82, 2.24) is 4.98 Å². The Labute approximate surface area is 173 Å². The van der Waals surface area contributed by atoms with Gasteiger partial charge in [-0.05, 0) is 60.7 Å². The SMILES string of the molecule is O=C(O)c1cc(-c2ccc(Cl)cc2)nc(-c2ccc(Oc3ccccc3)cc2)c1. The first-order valence-corrected chi connectivity index (χ1v) is 9.31. The van der Waals surface area contributed by atoms with Crippen LogP contribution in [0.4, 0.5) is 0 Å². The van der Waals surface area contributed by atoms with Gasteiger partial charge in [0.1, 0.15) is 11.5 Å². The molecular weight excluding hydrogens is 386 g/mol. The second kappa shape index (κ2) is 8.17. The van der Waals surface area contributed by atoms with Gasteiger partial charge in [0.15, 0.2) is 0 Å². The molecule has 4 aromatic rings. The van der Waals surface area contributed by atoms with Crippen molar-refractivity contribution in [2.45, 2.75) is 0 Å². The molecule has 0 aliphatic rings. The van der Waals surface area contributed by atoms with Crippen LogP contribution in [0.5, 0.6) is 11.5 Å². The third-order valence-electron chi connectivity index (χ3n) is 4.34. The van der Waals surface area contributed by atoms with Crippen molar-refractivity contribution in [3.05, 3.63) is 102 Å². The van der Waals surface area contributed by atoms with Crippen molar-refractivity contribution in [2.24, 2.45) is 0 Å². The van der Waals surface area contributed by atoms with E-state index in [2.05, 4.69) is 4.98 Å². The summed E-state index contributed by atoms with van der Waals surface area (Å²) in [5.74, 6) is 0.427. The topological polar surface area (TPSA) is 59.4 Å². The van der Waals surface area contributed by atoms with E-state index in [1.54, 1.807) is 24.3 Å². The van der Waals surface area contributed by atoms with E-state index in [4.69, 9.17) is 16.3 Å². The number of aromatic nitrogens is 1. The van der Waals surface area contributed by atoms with Gasteiger partial charge in [-0.3, -0.25) is 0 Å². The predicted octanol–water partition coefficient (Wildman–Crippen LogP) is 6.56. The Morgan fingerprint density at radius 3 is 1.83 bits per heavy atom. The molecule has 1 N–H and O–H groups in total. The summed E-state index contributed by atoms with van der Waals surface area (Å²) in [6, 6.07) is 27.1. The predicted molar refractivity (Wildman–Crippen MR) is 114 cm³/mol. The lowest BCUT2D eigenvalue weighted by molar-refractivity contribution is 0.0697. The van der Waals surface area contributed by atoms with Crippen molar-refractivity contribution < 1.29 is 14.6 Å². The third-order valence-corrected chi connectivity index (χ3v) is 4.59. The number of carboxylic acid groups (broad SMARTS) is 1. The first-order valence-electron chi connectivity index (χ1n) is 8.93. The lowest BCUT2D eigenvalue weighted by Crippen LogP contribution is -2.00. The minimum absolute atomic E-state index is 0.171. The molecule has 0 aliphatic carbocycles.